The van der Waals surface area contributed by atoms with Crippen molar-refractivity contribution in [2.45, 2.75) is 58.7 Å². The van der Waals surface area contributed by atoms with Crippen LogP contribution in [-0.4, -0.2) is 63.9 Å². The first kappa shape index (κ1) is 25.2. The molecule has 0 heterocycles. The van der Waals surface area contributed by atoms with Gasteiger partial charge in [-0.1, -0.05) is 12.1 Å². The molecule has 1 unspecified atom stereocenters. The van der Waals surface area contributed by atoms with E-state index in [1.54, 1.807) is 41.5 Å². The number of aliphatic hydroxyl groups is 1. The number of hydrogen-bond acceptors (Lipinski definition) is 6. The Bertz CT molecular complexity index is 735. The van der Waals surface area contributed by atoms with Crippen molar-refractivity contribution in [3.05, 3.63) is 29.8 Å². The van der Waals surface area contributed by atoms with E-state index in [9.17, 15) is 24.6 Å². The van der Waals surface area contributed by atoms with Gasteiger partial charge in [0.25, 0.3) is 0 Å². The first-order valence-corrected chi connectivity index (χ1v) is 9.71. The second kappa shape index (κ2) is 10.3. The van der Waals surface area contributed by atoms with Gasteiger partial charge in [0.2, 0.25) is 11.8 Å². The van der Waals surface area contributed by atoms with Gasteiger partial charge in [0.1, 0.15) is 23.9 Å². The monoisotopic (exact) mass is 423 g/mol. The number of rotatable bonds is 7. The van der Waals surface area contributed by atoms with Crippen molar-refractivity contribution < 1.29 is 29.3 Å². The van der Waals surface area contributed by atoms with Crippen LogP contribution in [0, 0.1) is 0 Å². The minimum absolute atomic E-state index is 0.0142. The molecule has 0 spiro atoms. The summed E-state index contributed by atoms with van der Waals surface area (Å²) in [5.41, 5.74) is -0.831. The van der Waals surface area contributed by atoms with E-state index in [-0.39, 0.29) is 18.9 Å². The lowest BCUT2D eigenvalue weighted by Gasteiger charge is -2.33. The average Bonchev–Trinajstić information content (AvgIpc) is 2.57. The number of carbonyl (C=O) groups excluding carboxylic acids is 3. The van der Waals surface area contributed by atoms with Crippen LogP contribution >= 0.6 is 0 Å². The van der Waals surface area contributed by atoms with E-state index in [0.717, 1.165) is 0 Å². The van der Waals surface area contributed by atoms with Crippen LogP contribution in [0.4, 0.5) is 4.79 Å². The Kier molecular flexibility index (Phi) is 8.65. The molecule has 0 saturated heterocycles. The van der Waals surface area contributed by atoms with E-state index in [0.29, 0.717) is 5.56 Å². The van der Waals surface area contributed by atoms with Crippen molar-refractivity contribution in [3.8, 4) is 5.75 Å². The number of nitrogens with zero attached hydrogens (tertiary/aromatic N) is 1. The Morgan fingerprint density at radius 2 is 1.63 bits per heavy atom. The van der Waals surface area contributed by atoms with Crippen molar-refractivity contribution in [2.24, 2.45) is 0 Å². The number of alkyl carbamates (subject to hydrolysis) is 1. The molecule has 0 aliphatic heterocycles. The van der Waals surface area contributed by atoms with E-state index in [4.69, 9.17) is 4.74 Å². The fourth-order valence-electron chi connectivity index (χ4n) is 2.64. The topological polar surface area (TPSA) is 128 Å². The number of phenolic OH excluding ortho intramolecular Hbond substituents is 1. The summed E-state index contributed by atoms with van der Waals surface area (Å²) >= 11 is 0. The van der Waals surface area contributed by atoms with Crippen LogP contribution < -0.4 is 10.6 Å². The highest BCUT2D eigenvalue weighted by atomic mass is 16.6. The van der Waals surface area contributed by atoms with Crippen LogP contribution in [0.25, 0.3) is 0 Å². The Morgan fingerprint density at radius 3 is 2.10 bits per heavy atom. The minimum atomic E-state index is -1.06. The second-order valence-electron chi connectivity index (χ2n) is 8.90. The Labute approximate surface area is 177 Å². The predicted octanol–water partition coefficient (Wildman–Crippen LogP) is 1.69. The largest absolute Gasteiger partial charge is 0.508 e. The van der Waals surface area contributed by atoms with Gasteiger partial charge in [0, 0.05) is 12.1 Å². The summed E-state index contributed by atoms with van der Waals surface area (Å²) in [6, 6.07) is 4.81. The van der Waals surface area contributed by atoms with Crippen LogP contribution in [-0.2, 0) is 14.3 Å². The Balaban J connectivity index is 3.13. The zero-order valence-electron chi connectivity index (χ0n) is 18.5. The maximum Gasteiger partial charge on any atom is 0.408 e. The molecule has 1 rings (SSSR count). The van der Waals surface area contributed by atoms with Crippen molar-refractivity contribution in [1.82, 2.24) is 15.5 Å². The van der Waals surface area contributed by atoms with E-state index >= 15 is 0 Å². The standard InChI is InChI=1S/C21H33N3O6/c1-20(2,3)23-18(28)17(14-7-9-15(26)10-8-14)24(11-12-25)16(27)13-22-19(29)30-21(4,5)6/h7-10,17,25-26H,11-13H2,1-6H3,(H,22,29)(H,23,28). The number of hydrogen-bond donors (Lipinski definition) is 4. The molecular formula is C21H33N3O6. The minimum Gasteiger partial charge on any atom is -0.508 e. The SMILES string of the molecule is CC(C)(C)NC(=O)C(c1ccc(O)cc1)N(CCO)C(=O)CNC(=O)OC(C)(C)C. The number of aromatic hydroxyl groups is 1. The van der Waals surface area contributed by atoms with Crippen molar-refractivity contribution in [1.29, 1.82) is 0 Å². The molecule has 4 N–H and O–H groups in total. The van der Waals surface area contributed by atoms with Crippen LogP contribution in [0.3, 0.4) is 0 Å². The van der Waals surface area contributed by atoms with Crippen LogP contribution in [0.15, 0.2) is 24.3 Å². The van der Waals surface area contributed by atoms with Gasteiger partial charge in [-0.15, -0.1) is 0 Å². The molecule has 1 aromatic carbocycles. The van der Waals surface area contributed by atoms with E-state index in [1.807, 2.05) is 0 Å². The fourth-order valence-corrected chi connectivity index (χ4v) is 2.64. The third-order valence-corrected chi connectivity index (χ3v) is 3.71. The van der Waals surface area contributed by atoms with Crippen LogP contribution in [0.1, 0.15) is 53.1 Å². The van der Waals surface area contributed by atoms with E-state index < -0.39 is 41.6 Å². The third kappa shape index (κ3) is 8.69. The summed E-state index contributed by atoms with van der Waals surface area (Å²) in [6.07, 6.45) is -0.764. The Morgan fingerprint density at radius 1 is 1.07 bits per heavy atom. The lowest BCUT2D eigenvalue weighted by Crippen LogP contribution is -2.51. The Hall–Kier alpha value is -2.81. The molecule has 9 heteroatoms. The van der Waals surface area contributed by atoms with Gasteiger partial charge >= 0.3 is 6.09 Å². The zero-order chi connectivity index (χ0) is 23.1. The molecule has 30 heavy (non-hydrogen) atoms. The normalized spacial score (nSPS) is 12.6. The van der Waals surface area contributed by atoms with Crippen LogP contribution in [0.5, 0.6) is 5.75 Å². The third-order valence-electron chi connectivity index (χ3n) is 3.71. The average molecular weight is 424 g/mol. The number of phenols is 1. The molecular weight excluding hydrogens is 390 g/mol. The number of carbonyl (C=O) groups is 3. The smallest absolute Gasteiger partial charge is 0.408 e. The lowest BCUT2D eigenvalue weighted by atomic mass is 10.0. The van der Waals surface area contributed by atoms with Gasteiger partial charge in [-0.05, 0) is 59.2 Å². The summed E-state index contributed by atoms with van der Waals surface area (Å²) in [6.45, 7) is 9.60. The molecule has 1 atom stereocenters. The van der Waals surface area contributed by atoms with Gasteiger partial charge in [0.15, 0.2) is 0 Å². The second-order valence-corrected chi connectivity index (χ2v) is 8.90. The first-order valence-electron chi connectivity index (χ1n) is 9.71. The molecule has 1 aromatic rings. The van der Waals surface area contributed by atoms with Gasteiger partial charge in [-0.2, -0.15) is 0 Å². The fraction of sp³-hybridized carbons (Fsp3) is 0.571. The van der Waals surface area contributed by atoms with Gasteiger partial charge in [-0.25, -0.2) is 4.79 Å². The summed E-state index contributed by atoms with van der Waals surface area (Å²) < 4.78 is 5.12. The number of aliphatic hydroxyl groups excluding tert-OH is 1. The molecule has 0 fully saturated rings. The molecule has 0 saturated carbocycles. The number of ether oxygens (including phenoxy) is 1. The van der Waals surface area contributed by atoms with E-state index in [2.05, 4.69) is 10.6 Å². The summed E-state index contributed by atoms with van der Waals surface area (Å²) in [7, 11) is 0. The number of nitrogens with one attached hydrogen (secondary N) is 2. The van der Waals surface area contributed by atoms with Crippen molar-refractivity contribution in [2.75, 3.05) is 19.7 Å². The maximum absolute atomic E-state index is 13.0. The highest BCUT2D eigenvalue weighted by Crippen LogP contribution is 2.24. The first-order chi connectivity index (χ1) is 13.7. The highest BCUT2D eigenvalue weighted by molar-refractivity contribution is 5.90. The number of benzene rings is 1. The lowest BCUT2D eigenvalue weighted by molar-refractivity contribution is -0.141. The molecule has 0 radical (unpaired) electrons. The van der Waals surface area contributed by atoms with Crippen molar-refractivity contribution in [3.63, 3.8) is 0 Å². The molecule has 0 aromatic heterocycles. The molecule has 168 valence electrons. The van der Waals surface area contributed by atoms with E-state index in [1.165, 1.54) is 29.2 Å². The molecule has 9 nitrogen and oxygen atoms in total. The molecule has 0 aliphatic carbocycles. The summed E-state index contributed by atoms with van der Waals surface area (Å²) in [4.78, 5) is 39.0. The highest BCUT2D eigenvalue weighted by Gasteiger charge is 2.33. The molecule has 0 bridgehead atoms. The zero-order valence-corrected chi connectivity index (χ0v) is 18.5. The summed E-state index contributed by atoms with van der Waals surface area (Å²) in [5.74, 6) is -1.01. The van der Waals surface area contributed by atoms with Gasteiger partial charge < -0.3 is 30.5 Å². The predicted molar refractivity (Wildman–Crippen MR) is 112 cm³/mol. The quantitative estimate of drug-likeness (QED) is 0.528. The van der Waals surface area contributed by atoms with Gasteiger partial charge in [0.05, 0.1) is 6.61 Å². The molecule has 3 amide bonds. The number of amides is 3. The van der Waals surface area contributed by atoms with Gasteiger partial charge in [-0.3, -0.25) is 9.59 Å². The summed E-state index contributed by atoms with van der Waals surface area (Å²) in [5, 5.41) is 24.3. The van der Waals surface area contributed by atoms with Crippen LogP contribution in [0.2, 0.25) is 0 Å². The maximum atomic E-state index is 13.0. The van der Waals surface area contributed by atoms with Crippen molar-refractivity contribution >= 4 is 17.9 Å². The molecule has 0 aliphatic rings.